The largest absolute Gasteiger partial charge is 0.381 e. The Hall–Kier alpha value is -0.610. The van der Waals surface area contributed by atoms with Crippen molar-refractivity contribution in [2.75, 3.05) is 13.2 Å². The third kappa shape index (κ3) is 9.48. The van der Waals surface area contributed by atoms with Gasteiger partial charge in [-0.2, -0.15) is 0 Å². The van der Waals surface area contributed by atoms with Gasteiger partial charge in [-0.3, -0.25) is 9.63 Å². The average Bonchev–Trinajstić information content (AvgIpc) is 2.08. The fraction of sp³-hybridized carbons (Fsp3) is 0.900. The lowest BCUT2D eigenvalue weighted by molar-refractivity contribution is -0.146. The van der Waals surface area contributed by atoms with Gasteiger partial charge in [-0.15, -0.1) is 0 Å². The molecular formula is C10H21NO3. The van der Waals surface area contributed by atoms with Gasteiger partial charge >= 0.3 is 0 Å². The number of hydrogen-bond donors (Lipinski definition) is 1. The highest BCUT2D eigenvalue weighted by Gasteiger charge is 2.12. The number of amides is 1. The molecule has 0 fully saturated rings. The molecule has 4 heteroatoms. The molecule has 0 atom stereocenters. The molecule has 0 aliphatic heterocycles. The van der Waals surface area contributed by atoms with Crippen LogP contribution in [0.15, 0.2) is 0 Å². The maximum Gasteiger partial charge on any atom is 0.245 e. The van der Waals surface area contributed by atoms with Gasteiger partial charge in [-0.25, -0.2) is 5.48 Å². The van der Waals surface area contributed by atoms with Crippen LogP contribution in [0.4, 0.5) is 0 Å². The lowest BCUT2D eigenvalue weighted by atomic mass is 10.2. The minimum Gasteiger partial charge on any atom is -0.381 e. The van der Waals surface area contributed by atoms with E-state index < -0.39 is 0 Å². The molecule has 0 aromatic rings. The van der Waals surface area contributed by atoms with E-state index in [1.54, 1.807) is 0 Å². The number of ether oxygens (including phenoxy) is 1. The molecule has 0 aromatic carbocycles. The quantitative estimate of drug-likeness (QED) is 0.527. The second-order valence-electron chi connectivity index (χ2n) is 4.10. The Bertz CT molecular complexity index is 163. The molecule has 0 aliphatic carbocycles. The molecular weight excluding hydrogens is 182 g/mol. The number of nitrogens with one attached hydrogen (secondary N) is 1. The summed E-state index contributed by atoms with van der Waals surface area (Å²) in [5, 5.41) is 0. The maximum absolute atomic E-state index is 11.1. The van der Waals surface area contributed by atoms with Crippen LogP contribution in [-0.4, -0.2) is 24.7 Å². The summed E-state index contributed by atoms with van der Waals surface area (Å²) in [6.45, 7) is 8.81. The summed E-state index contributed by atoms with van der Waals surface area (Å²) >= 11 is 0. The van der Waals surface area contributed by atoms with Gasteiger partial charge in [0, 0.05) is 6.61 Å². The van der Waals surface area contributed by atoms with Crippen molar-refractivity contribution >= 4 is 5.91 Å². The van der Waals surface area contributed by atoms with Crippen LogP contribution < -0.4 is 5.48 Å². The predicted molar refractivity (Wildman–Crippen MR) is 54.7 cm³/mol. The van der Waals surface area contributed by atoms with Crippen molar-refractivity contribution in [3.05, 3.63) is 0 Å². The van der Waals surface area contributed by atoms with Gasteiger partial charge in [0.15, 0.2) is 0 Å². The van der Waals surface area contributed by atoms with Crippen LogP contribution in [0.25, 0.3) is 0 Å². The normalized spacial score (nSPS) is 11.4. The minimum absolute atomic E-state index is 0.143. The van der Waals surface area contributed by atoms with Crippen LogP contribution in [-0.2, 0) is 14.4 Å². The van der Waals surface area contributed by atoms with Crippen molar-refractivity contribution < 1.29 is 14.4 Å². The van der Waals surface area contributed by atoms with E-state index in [-0.39, 0.29) is 11.5 Å². The molecule has 0 spiro atoms. The molecule has 0 aliphatic rings. The first-order valence-corrected chi connectivity index (χ1v) is 5.00. The molecule has 0 unspecified atom stereocenters. The lowest BCUT2D eigenvalue weighted by Crippen LogP contribution is -2.33. The summed E-state index contributed by atoms with van der Waals surface area (Å²) in [5.74, 6) is -0.143. The van der Waals surface area contributed by atoms with Gasteiger partial charge in [0.05, 0.1) is 18.6 Å². The topological polar surface area (TPSA) is 47.6 Å². The molecule has 1 N–H and O–H groups in total. The Labute approximate surface area is 85.9 Å². The highest BCUT2D eigenvalue weighted by Crippen LogP contribution is 2.03. The summed E-state index contributed by atoms with van der Waals surface area (Å²) < 4.78 is 5.17. The van der Waals surface area contributed by atoms with Crippen LogP contribution in [0, 0.1) is 0 Å². The lowest BCUT2D eigenvalue weighted by Gasteiger charge is -2.18. The van der Waals surface area contributed by atoms with Crippen molar-refractivity contribution in [3.8, 4) is 0 Å². The van der Waals surface area contributed by atoms with Crippen molar-refractivity contribution in [2.24, 2.45) is 0 Å². The number of carbonyl (C=O) groups is 1. The van der Waals surface area contributed by atoms with Crippen LogP contribution in [0.5, 0.6) is 0 Å². The van der Waals surface area contributed by atoms with Gasteiger partial charge in [0.2, 0.25) is 5.91 Å². The number of rotatable bonds is 6. The fourth-order valence-electron chi connectivity index (χ4n) is 0.672. The summed E-state index contributed by atoms with van der Waals surface area (Å²) in [6.07, 6.45) is 1.32. The molecule has 0 saturated carbocycles. The summed E-state index contributed by atoms with van der Waals surface area (Å²) in [6, 6.07) is 0. The molecule has 0 radical (unpaired) electrons. The third-order valence-electron chi connectivity index (χ3n) is 1.29. The minimum atomic E-state index is -0.347. The van der Waals surface area contributed by atoms with E-state index in [0.29, 0.717) is 19.6 Å². The SMILES string of the molecule is CCCOCCC(=O)NOC(C)(C)C. The highest BCUT2D eigenvalue weighted by molar-refractivity contribution is 5.74. The van der Waals surface area contributed by atoms with Crippen molar-refractivity contribution in [1.82, 2.24) is 5.48 Å². The summed E-state index contributed by atoms with van der Waals surface area (Å²) in [7, 11) is 0. The number of hydrogen-bond acceptors (Lipinski definition) is 3. The van der Waals surface area contributed by atoms with Crippen molar-refractivity contribution in [1.29, 1.82) is 0 Å². The molecule has 4 nitrogen and oxygen atoms in total. The van der Waals surface area contributed by atoms with E-state index in [1.165, 1.54) is 0 Å². The molecule has 1 amide bonds. The van der Waals surface area contributed by atoms with Crippen LogP contribution in [0.1, 0.15) is 40.5 Å². The van der Waals surface area contributed by atoms with E-state index in [9.17, 15) is 4.79 Å². The van der Waals surface area contributed by atoms with E-state index in [0.717, 1.165) is 6.42 Å². The van der Waals surface area contributed by atoms with Gasteiger partial charge in [-0.05, 0) is 27.2 Å². The Kier molecular flexibility index (Phi) is 6.49. The van der Waals surface area contributed by atoms with E-state index in [1.807, 2.05) is 27.7 Å². The average molecular weight is 203 g/mol. The van der Waals surface area contributed by atoms with Crippen LogP contribution >= 0.6 is 0 Å². The maximum atomic E-state index is 11.1. The van der Waals surface area contributed by atoms with Gasteiger partial charge in [0.1, 0.15) is 0 Å². The monoisotopic (exact) mass is 203 g/mol. The summed E-state index contributed by atoms with van der Waals surface area (Å²) in [4.78, 5) is 16.2. The fourth-order valence-corrected chi connectivity index (χ4v) is 0.672. The molecule has 0 saturated heterocycles. The molecule has 0 bridgehead atoms. The van der Waals surface area contributed by atoms with E-state index >= 15 is 0 Å². The Balaban J connectivity index is 3.38. The van der Waals surface area contributed by atoms with Gasteiger partial charge < -0.3 is 4.74 Å². The molecule has 0 rings (SSSR count). The summed E-state index contributed by atoms with van der Waals surface area (Å²) in [5.41, 5.74) is 2.03. The second-order valence-corrected chi connectivity index (χ2v) is 4.10. The van der Waals surface area contributed by atoms with Gasteiger partial charge in [-0.1, -0.05) is 6.92 Å². The first-order valence-electron chi connectivity index (χ1n) is 5.00. The number of carbonyl (C=O) groups excluding carboxylic acids is 1. The van der Waals surface area contributed by atoms with E-state index in [2.05, 4.69) is 5.48 Å². The standard InChI is InChI=1S/C10H21NO3/c1-5-7-13-8-6-9(12)11-14-10(2,3)4/h5-8H2,1-4H3,(H,11,12). The van der Waals surface area contributed by atoms with E-state index in [4.69, 9.17) is 9.57 Å². The van der Waals surface area contributed by atoms with Crippen LogP contribution in [0.3, 0.4) is 0 Å². The molecule has 0 aromatic heterocycles. The zero-order valence-electron chi connectivity index (χ0n) is 9.55. The zero-order chi connectivity index (χ0) is 11.0. The molecule has 84 valence electrons. The van der Waals surface area contributed by atoms with Crippen molar-refractivity contribution in [3.63, 3.8) is 0 Å². The Morgan fingerprint density at radius 1 is 1.29 bits per heavy atom. The first kappa shape index (κ1) is 13.4. The first-order chi connectivity index (χ1) is 6.45. The smallest absolute Gasteiger partial charge is 0.245 e. The van der Waals surface area contributed by atoms with Crippen LogP contribution in [0.2, 0.25) is 0 Å². The molecule has 0 heterocycles. The Morgan fingerprint density at radius 3 is 2.43 bits per heavy atom. The Morgan fingerprint density at radius 2 is 1.93 bits per heavy atom. The third-order valence-corrected chi connectivity index (χ3v) is 1.29. The van der Waals surface area contributed by atoms with Gasteiger partial charge in [0.25, 0.3) is 0 Å². The molecule has 14 heavy (non-hydrogen) atoms. The zero-order valence-corrected chi connectivity index (χ0v) is 9.55. The highest BCUT2D eigenvalue weighted by atomic mass is 16.7. The predicted octanol–water partition coefficient (Wildman–Crippen LogP) is 1.65. The second kappa shape index (κ2) is 6.79. The van der Waals surface area contributed by atoms with Crippen molar-refractivity contribution in [2.45, 2.75) is 46.1 Å². The number of hydroxylamine groups is 1.